The highest BCUT2D eigenvalue weighted by atomic mass is 16.6. The van der Waals surface area contributed by atoms with Crippen LogP contribution < -0.4 is 19.5 Å². The minimum atomic E-state index is 0.270. The third-order valence-corrected chi connectivity index (χ3v) is 5.93. The van der Waals surface area contributed by atoms with Crippen LogP contribution >= 0.6 is 0 Å². The summed E-state index contributed by atoms with van der Waals surface area (Å²) < 4.78 is 34.3. The van der Waals surface area contributed by atoms with Gasteiger partial charge in [-0.2, -0.15) is 4.98 Å². The number of hydrogen-bond donors (Lipinski definition) is 1. The van der Waals surface area contributed by atoms with Crippen molar-refractivity contribution in [2.24, 2.45) is 0 Å². The third kappa shape index (κ3) is 4.54. The number of aromatic nitrogens is 2. The van der Waals surface area contributed by atoms with Crippen LogP contribution in [0.2, 0.25) is 0 Å². The molecule has 0 bridgehead atoms. The van der Waals surface area contributed by atoms with Crippen LogP contribution in [0.15, 0.2) is 95.0 Å². The molecule has 0 saturated heterocycles. The van der Waals surface area contributed by atoms with E-state index in [1.165, 1.54) is 6.26 Å². The summed E-state index contributed by atoms with van der Waals surface area (Å²) >= 11 is 0. The van der Waals surface area contributed by atoms with Crippen molar-refractivity contribution in [2.45, 2.75) is 12.8 Å². The third-order valence-electron chi connectivity index (χ3n) is 5.93. The summed E-state index contributed by atoms with van der Waals surface area (Å²) in [5.74, 6) is 3.42. The zero-order valence-corrected chi connectivity index (χ0v) is 20.2. The number of oxazole rings is 1. The Morgan fingerprint density at radius 2 is 1.84 bits per heavy atom. The molecule has 1 N–H and O–H groups in total. The summed E-state index contributed by atoms with van der Waals surface area (Å²) in [5, 5.41) is 3.82. The molecule has 0 radical (unpaired) electrons. The van der Waals surface area contributed by atoms with Gasteiger partial charge >= 0.3 is 6.01 Å². The summed E-state index contributed by atoms with van der Waals surface area (Å²) in [6.45, 7) is 0. The normalized spacial score (nSPS) is 14.8. The highest BCUT2D eigenvalue weighted by molar-refractivity contribution is 5.88. The van der Waals surface area contributed by atoms with Gasteiger partial charge in [0.05, 0.1) is 19.7 Å². The molecule has 1 aliphatic carbocycles. The maximum atomic E-state index is 6.19. The Morgan fingerprint density at radius 1 is 0.946 bits per heavy atom. The zero-order valence-electron chi connectivity index (χ0n) is 20.2. The van der Waals surface area contributed by atoms with Gasteiger partial charge in [0.2, 0.25) is 5.88 Å². The number of allylic oxidation sites excluding steroid dienone is 4. The lowest BCUT2D eigenvalue weighted by molar-refractivity contribution is 0.232. The van der Waals surface area contributed by atoms with Gasteiger partial charge in [-0.05, 0) is 42.7 Å². The van der Waals surface area contributed by atoms with Crippen LogP contribution in [0.1, 0.15) is 12.8 Å². The van der Waals surface area contributed by atoms with Crippen molar-refractivity contribution in [3.63, 3.8) is 0 Å². The van der Waals surface area contributed by atoms with E-state index < -0.39 is 0 Å². The SMILES string of the molecule is COc1cc2nccc(Oc3ccc4nc(NC5=COC=C(C6=CC=CCC6)O5)oc4c3)c2cc1OC. The van der Waals surface area contributed by atoms with Gasteiger partial charge in [-0.15, -0.1) is 0 Å². The molecule has 0 amide bonds. The number of methoxy groups -OCH3 is 2. The summed E-state index contributed by atoms with van der Waals surface area (Å²) in [4.78, 5) is 8.91. The average Bonchev–Trinajstić information content (AvgIpc) is 3.34. The Kier molecular flexibility index (Phi) is 5.86. The Hall–Kier alpha value is -4.92. The molecule has 37 heavy (non-hydrogen) atoms. The van der Waals surface area contributed by atoms with Crippen LogP contribution in [0.5, 0.6) is 23.0 Å². The first kappa shape index (κ1) is 22.5. The molecule has 9 heteroatoms. The molecule has 0 fully saturated rings. The number of pyridine rings is 1. The van der Waals surface area contributed by atoms with Crippen molar-refractivity contribution in [3.8, 4) is 23.0 Å². The lowest BCUT2D eigenvalue weighted by atomic mass is 10.0. The number of fused-ring (bicyclic) bond motifs is 2. The zero-order chi connectivity index (χ0) is 25.2. The highest BCUT2D eigenvalue weighted by Crippen LogP contribution is 2.37. The maximum Gasteiger partial charge on any atom is 0.302 e. The summed E-state index contributed by atoms with van der Waals surface area (Å²) in [6, 6.07) is 11.1. The number of ether oxygens (including phenoxy) is 5. The number of benzene rings is 2. The molecule has 2 aromatic carbocycles. The first-order chi connectivity index (χ1) is 18.2. The van der Waals surface area contributed by atoms with Crippen LogP contribution in [-0.2, 0) is 9.47 Å². The van der Waals surface area contributed by atoms with E-state index in [4.69, 9.17) is 28.1 Å². The fourth-order valence-electron chi connectivity index (χ4n) is 4.12. The van der Waals surface area contributed by atoms with Crippen LogP contribution in [0.4, 0.5) is 6.01 Å². The van der Waals surface area contributed by atoms with Gasteiger partial charge in [0.1, 0.15) is 23.3 Å². The number of nitrogens with zero attached hydrogens (tertiary/aromatic N) is 2. The second-order valence-corrected chi connectivity index (χ2v) is 8.27. The van der Waals surface area contributed by atoms with Crippen LogP contribution in [0, 0.1) is 0 Å². The molecular weight excluding hydrogens is 474 g/mol. The largest absolute Gasteiger partial charge is 0.493 e. The fourth-order valence-corrected chi connectivity index (χ4v) is 4.12. The first-order valence-electron chi connectivity index (χ1n) is 11.7. The molecule has 6 rings (SSSR count). The predicted molar refractivity (Wildman–Crippen MR) is 137 cm³/mol. The summed E-state index contributed by atoms with van der Waals surface area (Å²) in [6.07, 6.45) is 12.7. The summed E-state index contributed by atoms with van der Waals surface area (Å²) in [7, 11) is 3.18. The van der Waals surface area contributed by atoms with E-state index in [-0.39, 0.29) is 6.01 Å². The Labute approximate surface area is 212 Å². The van der Waals surface area contributed by atoms with Crippen LogP contribution in [0.25, 0.3) is 22.0 Å². The van der Waals surface area contributed by atoms with Gasteiger partial charge in [0, 0.05) is 23.7 Å². The molecule has 4 aromatic rings. The number of rotatable bonds is 7. The van der Waals surface area contributed by atoms with E-state index in [0.717, 1.165) is 29.3 Å². The van der Waals surface area contributed by atoms with E-state index in [1.807, 2.05) is 36.4 Å². The Bertz CT molecular complexity index is 1620. The Morgan fingerprint density at radius 3 is 2.68 bits per heavy atom. The van der Waals surface area contributed by atoms with Crippen molar-refractivity contribution >= 4 is 28.0 Å². The molecule has 0 atom stereocenters. The second kappa shape index (κ2) is 9.62. The predicted octanol–water partition coefficient (Wildman–Crippen LogP) is 6.56. The number of anilines is 1. The average molecular weight is 498 g/mol. The molecule has 0 unspecified atom stereocenters. The molecule has 2 aromatic heterocycles. The van der Waals surface area contributed by atoms with Crippen LogP contribution in [-0.4, -0.2) is 24.2 Å². The maximum absolute atomic E-state index is 6.19. The fraction of sp³-hybridized carbons (Fsp3) is 0.143. The summed E-state index contributed by atoms with van der Waals surface area (Å²) in [5.41, 5.74) is 2.99. The molecule has 1 aliphatic heterocycles. The van der Waals surface area contributed by atoms with E-state index in [9.17, 15) is 0 Å². The topological polar surface area (TPSA) is 97.1 Å². The van der Waals surface area contributed by atoms with Gasteiger partial charge in [-0.3, -0.25) is 10.3 Å². The van der Waals surface area contributed by atoms with Gasteiger partial charge < -0.3 is 28.1 Å². The van der Waals surface area contributed by atoms with Crippen LogP contribution in [0.3, 0.4) is 0 Å². The van der Waals surface area contributed by atoms with Crippen molar-refractivity contribution < 1.29 is 28.1 Å². The minimum absolute atomic E-state index is 0.270. The number of nitrogens with one attached hydrogen (secondary N) is 1. The Balaban J connectivity index is 1.22. The number of hydrogen-bond acceptors (Lipinski definition) is 9. The standard InChI is InChI=1S/C28H23N3O6/c1-32-24-13-19-21(14-25(24)33-2)29-11-10-22(19)35-18-8-9-20-23(12-18)37-28(30-20)31-27-16-34-15-26(36-27)17-6-4-3-5-7-17/h3-4,6,8-16H,5,7H2,1-2H3,(H,30,31). The van der Waals surface area contributed by atoms with E-state index in [1.54, 1.807) is 38.8 Å². The molecule has 3 heterocycles. The first-order valence-corrected chi connectivity index (χ1v) is 11.7. The van der Waals surface area contributed by atoms with Crippen molar-refractivity contribution in [1.29, 1.82) is 0 Å². The van der Waals surface area contributed by atoms with E-state index >= 15 is 0 Å². The van der Waals surface area contributed by atoms with Crippen molar-refractivity contribution in [3.05, 3.63) is 90.6 Å². The van der Waals surface area contributed by atoms with Gasteiger partial charge in [0.25, 0.3) is 0 Å². The highest BCUT2D eigenvalue weighted by Gasteiger charge is 2.18. The monoisotopic (exact) mass is 497 g/mol. The van der Waals surface area contributed by atoms with Gasteiger partial charge in [-0.25, -0.2) is 0 Å². The molecule has 0 spiro atoms. The molecule has 9 nitrogen and oxygen atoms in total. The molecule has 0 saturated carbocycles. The smallest absolute Gasteiger partial charge is 0.302 e. The van der Waals surface area contributed by atoms with E-state index in [0.29, 0.717) is 45.7 Å². The molecule has 2 aliphatic rings. The molecule has 186 valence electrons. The lowest BCUT2D eigenvalue weighted by Gasteiger charge is -2.19. The molecular formula is C28H23N3O6. The lowest BCUT2D eigenvalue weighted by Crippen LogP contribution is -2.10. The van der Waals surface area contributed by atoms with Gasteiger partial charge in [-0.1, -0.05) is 18.2 Å². The second-order valence-electron chi connectivity index (χ2n) is 8.27. The van der Waals surface area contributed by atoms with Gasteiger partial charge in [0.15, 0.2) is 29.1 Å². The van der Waals surface area contributed by atoms with Crippen molar-refractivity contribution in [1.82, 2.24) is 9.97 Å². The quantitative estimate of drug-likeness (QED) is 0.304. The van der Waals surface area contributed by atoms with E-state index in [2.05, 4.69) is 21.4 Å². The minimum Gasteiger partial charge on any atom is -0.493 e. The van der Waals surface area contributed by atoms with Crippen molar-refractivity contribution in [2.75, 3.05) is 19.5 Å².